The first-order chi connectivity index (χ1) is 17.1. The number of nitrogens with zero attached hydrogens (tertiary/aromatic N) is 5. The largest absolute Gasteiger partial charge is 0.436 e. The first-order valence-corrected chi connectivity index (χ1v) is 12.5. The summed E-state index contributed by atoms with van der Waals surface area (Å²) in [5.74, 6) is 2.06. The van der Waals surface area contributed by atoms with Crippen molar-refractivity contribution < 1.29 is 9.53 Å². The van der Waals surface area contributed by atoms with Crippen molar-refractivity contribution in [3.8, 4) is 11.6 Å². The minimum atomic E-state index is -0.0555. The molecule has 0 N–H and O–H groups in total. The van der Waals surface area contributed by atoms with Gasteiger partial charge in [-0.15, -0.1) is 0 Å². The van der Waals surface area contributed by atoms with Gasteiger partial charge in [-0.25, -0.2) is 9.97 Å². The topological polar surface area (TPSA) is 61.8 Å². The first-order valence-electron chi connectivity index (χ1n) is 12.2. The van der Waals surface area contributed by atoms with Gasteiger partial charge < -0.3 is 19.4 Å². The third-order valence-electron chi connectivity index (χ3n) is 6.74. The van der Waals surface area contributed by atoms with Crippen LogP contribution in [0.25, 0.3) is 0 Å². The molecule has 35 heavy (non-hydrogen) atoms. The van der Waals surface area contributed by atoms with Crippen molar-refractivity contribution in [3.05, 3.63) is 71.5 Å². The molecule has 0 aliphatic carbocycles. The van der Waals surface area contributed by atoms with Crippen molar-refractivity contribution >= 4 is 29.0 Å². The summed E-state index contributed by atoms with van der Waals surface area (Å²) in [6.07, 6.45) is 5.14. The zero-order valence-corrected chi connectivity index (χ0v) is 20.7. The SMILES string of the molecule is Cc1ccc(Oc2nccnc2N2CCC[C@@H](C(=O)N3CCN(c4ccc(Cl)cc4)CC3)C2)cc1. The fraction of sp³-hybridized carbons (Fsp3) is 0.370. The summed E-state index contributed by atoms with van der Waals surface area (Å²) in [5.41, 5.74) is 2.32. The molecule has 0 saturated carbocycles. The van der Waals surface area contributed by atoms with E-state index >= 15 is 0 Å². The van der Waals surface area contributed by atoms with Crippen molar-refractivity contribution in [1.82, 2.24) is 14.9 Å². The van der Waals surface area contributed by atoms with E-state index in [9.17, 15) is 4.79 Å². The summed E-state index contributed by atoms with van der Waals surface area (Å²) in [6, 6.07) is 15.8. The van der Waals surface area contributed by atoms with Crippen LogP contribution in [0.15, 0.2) is 60.9 Å². The lowest BCUT2D eigenvalue weighted by molar-refractivity contribution is -0.136. The van der Waals surface area contributed by atoms with Crippen molar-refractivity contribution in [2.45, 2.75) is 19.8 Å². The molecule has 2 aromatic carbocycles. The van der Waals surface area contributed by atoms with E-state index in [0.29, 0.717) is 18.2 Å². The van der Waals surface area contributed by atoms with E-state index in [-0.39, 0.29) is 11.8 Å². The van der Waals surface area contributed by atoms with Crippen LogP contribution in [0.5, 0.6) is 11.6 Å². The summed E-state index contributed by atoms with van der Waals surface area (Å²) in [7, 11) is 0. The molecule has 1 aromatic heterocycles. The van der Waals surface area contributed by atoms with Crippen molar-refractivity contribution in [2.24, 2.45) is 5.92 Å². The quantitative estimate of drug-likeness (QED) is 0.511. The van der Waals surface area contributed by atoms with Crippen LogP contribution >= 0.6 is 11.6 Å². The Labute approximate surface area is 211 Å². The van der Waals surface area contributed by atoms with Crippen molar-refractivity contribution in [2.75, 3.05) is 49.1 Å². The molecule has 0 radical (unpaired) electrons. The second kappa shape index (κ2) is 10.5. The number of carbonyl (C=O) groups is 1. The van der Waals surface area contributed by atoms with E-state index in [1.165, 1.54) is 5.56 Å². The van der Waals surface area contributed by atoms with Crippen LogP contribution in [0.2, 0.25) is 5.02 Å². The zero-order valence-electron chi connectivity index (χ0n) is 19.9. The molecule has 0 bridgehead atoms. The second-order valence-electron chi connectivity index (χ2n) is 9.17. The Hall–Kier alpha value is -3.32. The summed E-state index contributed by atoms with van der Waals surface area (Å²) >= 11 is 6.02. The lowest BCUT2D eigenvalue weighted by Crippen LogP contribution is -2.52. The second-order valence-corrected chi connectivity index (χ2v) is 9.61. The zero-order chi connectivity index (χ0) is 24.2. The average molecular weight is 492 g/mol. The van der Waals surface area contributed by atoms with Crippen LogP contribution < -0.4 is 14.5 Å². The van der Waals surface area contributed by atoms with E-state index in [1.54, 1.807) is 12.4 Å². The molecule has 7 nitrogen and oxygen atoms in total. The number of hydrogen-bond donors (Lipinski definition) is 0. The van der Waals surface area contributed by atoms with Gasteiger partial charge in [0.25, 0.3) is 5.88 Å². The number of carbonyl (C=O) groups excluding carboxylic acids is 1. The Morgan fingerprint density at radius 1 is 0.914 bits per heavy atom. The molecule has 182 valence electrons. The van der Waals surface area contributed by atoms with Gasteiger partial charge in [0.05, 0.1) is 5.92 Å². The Bertz CT molecular complexity index is 1150. The first kappa shape index (κ1) is 23.4. The monoisotopic (exact) mass is 491 g/mol. The Balaban J connectivity index is 1.22. The molecule has 2 fully saturated rings. The maximum Gasteiger partial charge on any atom is 0.263 e. The molecule has 2 aliphatic heterocycles. The number of ether oxygens (including phenoxy) is 1. The third kappa shape index (κ3) is 5.51. The van der Waals surface area contributed by atoms with Crippen LogP contribution in [0.4, 0.5) is 11.5 Å². The number of benzene rings is 2. The maximum absolute atomic E-state index is 13.4. The van der Waals surface area contributed by atoms with E-state index in [2.05, 4.69) is 19.8 Å². The Morgan fingerprint density at radius 2 is 1.63 bits per heavy atom. The number of halogens is 1. The molecule has 0 spiro atoms. The minimum Gasteiger partial charge on any atom is -0.436 e. The molecular weight excluding hydrogens is 462 g/mol. The molecule has 0 unspecified atom stereocenters. The average Bonchev–Trinajstić information content (AvgIpc) is 2.90. The van der Waals surface area contributed by atoms with Crippen molar-refractivity contribution in [3.63, 3.8) is 0 Å². The summed E-state index contributed by atoms with van der Waals surface area (Å²) in [5, 5.41) is 0.736. The molecular formula is C27H30ClN5O2. The fourth-order valence-corrected chi connectivity index (χ4v) is 4.92. The van der Waals surface area contributed by atoms with Gasteiger partial charge in [0, 0.05) is 62.4 Å². The van der Waals surface area contributed by atoms with Gasteiger partial charge in [-0.05, 0) is 56.2 Å². The Kier molecular flexibility index (Phi) is 7.04. The number of piperidine rings is 1. The highest BCUT2D eigenvalue weighted by molar-refractivity contribution is 6.30. The number of hydrogen-bond acceptors (Lipinski definition) is 6. The third-order valence-corrected chi connectivity index (χ3v) is 6.99. The molecule has 2 saturated heterocycles. The molecule has 8 heteroatoms. The lowest BCUT2D eigenvalue weighted by Gasteiger charge is -2.40. The van der Waals surface area contributed by atoms with Crippen LogP contribution in [-0.4, -0.2) is 60.0 Å². The summed E-state index contributed by atoms with van der Waals surface area (Å²) in [6.45, 7) is 6.59. The number of amides is 1. The van der Waals surface area contributed by atoms with Gasteiger partial charge in [-0.2, -0.15) is 0 Å². The number of piperazine rings is 1. The predicted octanol–water partition coefficient (Wildman–Crippen LogP) is 4.80. The minimum absolute atomic E-state index is 0.0555. The van der Waals surface area contributed by atoms with Crippen LogP contribution in [0.1, 0.15) is 18.4 Å². The van der Waals surface area contributed by atoms with Gasteiger partial charge >= 0.3 is 0 Å². The van der Waals surface area contributed by atoms with Crippen molar-refractivity contribution in [1.29, 1.82) is 0 Å². The standard InChI is InChI=1S/C27H30ClN5O2/c1-20-4-10-24(11-5-20)35-26-25(29-12-13-30-26)33-14-2-3-21(19-33)27(34)32-17-15-31(16-18-32)23-8-6-22(28)7-9-23/h4-13,21H,2-3,14-19H2,1H3/t21-/m1/s1. The van der Waals surface area contributed by atoms with E-state index in [4.69, 9.17) is 16.3 Å². The molecule has 3 heterocycles. The highest BCUT2D eigenvalue weighted by Crippen LogP contribution is 2.32. The fourth-order valence-electron chi connectivity index (χ4n) is 4.79. The number of aryl methyl sites for hydroxylation is 1. The van der Waals surface area contributed by atoms with Crippen LogP contribution in [0.3, 0.4) is 0 Å². The van der Waals surface area contributed by atoms with Gasteiger partial charge in [0.1, 0.15) is 5.75 Å². The highest BCUT2D eigenvalue weighted by atomic mass is 35.5. The van der Waals surface area contributed by atoms with E-state index in [0.717, 1.165) is 62.0 Å². The van der Waals surface area contributed by atoms with Gasteiger partial charge in [-0.3, -0.25) is 4.79 Å². The van der Waals surface area contributed by atoms with E-state index < -0.39 is 0 Å². The van der Waals surface area contributed by atoms with Crippen LogP contribution in [-0.2, 0) is 4.79 Å². The van der Waals surface area contributed by atoms with Gasteiger partial charge in [-0.1, -0.05) is 29.3 Å². The summed E-state index contributed by atoms with van der Waals surface area (Å²) < 4.78 is 6.07. The highest BCUT2D eigenvalue weighted by Gasteiger charge is 2.32. The van der Waals surface area contributed by atoms with Gasteiger partial charge in [0.15, 0.2) is 5.82 Å². The number of anilines is 2. The molecule has 5 rings (SSSR count). The molecule has 1 amide bonds. The maximum atomic E-state index is 13.4. The van der Waals surface area contributed by atoms with Gasteiger partial charge in [0.2, 0.25) is 5.91 Å². The smallest absolute Gasteiger partial charge is 0.263 e. The number of aromatic nitrogens is 2. The van der Waals surface area contributed by atoms with Crippen LogP contribution in [0, 0.1) is 12.8 Å². The van der Waals surface area contributed by atoms with E-state index in [1.807, 2.05) is 60.4 Å². The Morgan fingerprint density at radius 3 is 2.37 bits per heavy atom. The lowest BCUT2D eigenvalue weighted by atomic mass is 9.96. The summed E-state index contributed by atoms with van der Waals surface area (Å²) in [4.78, 5) is 28.9. The normalized spacial score (nSPS) is 18.5. The molecule has 3 aromatic rings. The molecule has 1 atom stereocenters. The predicted molar refractivity (Wildman–Crippen MR) is 138 cm³/mol. The number of rotatable bonds is 5. The molecule has 2 aliphatic rings.